The maximum atomic E-state index is 13.7. The van der Waals surface area contributed by atoms with Crippen LogP contribution in [0.2, 0.25) is 0 Å². The lowest BCUT2D eigenvalue weighted by Crippen LogP contribution is -2.36. The molecule has 0 aromatic heterocycles. The quantitative estimate of drug-likeness (QED) is 0.655. The lowest BCUT2D eigenvalue weighted by molar-refractivity contribution is -0.385. The second kappa shape index (κ2) is 5.48. The van der Waals surface area contributed by atoms with Crippen molar-refractivity contribution < 1.29 is 18.8 Å². The van der Waals surface area contributed by atoms with Crippen molar-refractivity contribution in [2.75, 3.05) is 5.32 Å². The first-order valence-corrected chi connectivity index (χ1v) is 6.07. The van der Waals surface area contributed by atoms with Crippen molar-refractivity contribution >= 4 is 11.4 Å². The summed E-state index contributed by atoms with van der Waals surface area (Å²) in [6.45, 7) is 0. The second-order valence-corrected chi connectivity index (χ2v) is 4.64. The average Bonchev–Trinajstić information content (AvgIpc) is 2.35. The standard InChI is InChI=1S/C12H14F2N2O3/c13-8-5-7(16(18)19)6-9(14)12(8)15-10-3-1-2-4-11(10)17/h5-6,10-11,15,17H,1-4H2/t10-,11-/m0/s1. The van der Waals surface area contributed by atoms with Crippen molar-refractivity contribution in [3.05, 3.63) is 33.9 Å². The number of benzene rings is 1. The van der Waals surface area contributed by atoms with E-state index in [2.05, 4.69) is 5.32 Å². The van der Waals surface area contributed by atoms with Crippen LogP contribution in [0, 0.1) is 21.7 Å². The molecule has 0 aliphatic heterocycles. The Hall–Kier alpha value is -1.76. The smallest absolute Gasteiger partial charge is 0.275 e. The predicted molar refractivity (Wildman–Crippen MR) is 64.9 cm³/mol. The summed E-state index contributed by atoms with van der Waals surface area (Å²) in [5.74, 6) is -2.05. The highest BCUT2D eigenvalue weighted by atomic mass is 19.1. The molecule has 1 aliphatic rings. The van der Waals surface area contributed by atoms with Gasteiger partial charge in [-0.2, -0.15) is 0 Å². The summed E-state index contributed by atoms with van der Waals surface area (Å²) < 4.78 is 27.3. The van der Waals surface area contributed by atoms with Gasteiger partial charge in [-0.15, -0.1) is 0 Å². The SMILES string of the molecule is O=[N+]([O-])c1cc(F)c(N[C@H]2CCCC[C@@H]2O)c(F)c1. The Morgan fingerprint density at radius 1 is 1.26 bits per heavy atom. The van der Waals surface area contributed by atoms with Crippen LogP contribution in [0.1, 0.15) is 25.7 Å². The first kappa shape index (κ1) is 13.7. The maximum Gasteiger partial charge on any atom is 0.275 e. The summed E-state index contributed by atoms with van der Waals surface area (Å²) in [4.78, 5) is 9.61. The number of hydrogen-bond donors (Lipinski definition) is 2. The number of nitrogens with zero attached hydrogens (tertiary/aromatic N) is 1. The molecule has 0 amide bonds. The van der Waals surface area contributed by atoms with Crippen LogP contribution in [-0.4, -0.2) is 22.2 Å². The van der Waals surface area contributed by atoms with Gasteiger partial charge in [0.15, 0.2) is 11.6 Å². The third kappa shape index (κ3) is 2.98. The van der Waals surface area contributed by atoms with E-state index in [1.54, 1.807) is 0 Å². The Labute approximate surface area is 108 Å². The zero-order valence-electron chi connectivity index (χ0n) is 10.1. The van der Waals surface area contributed by atoms with Crippen molar-refractivity contribution in [3.63, 3.8) is 0 Å². The van der Waals surface area contributed by atoms with E-state index in [9.17, 15) is 24.0 Å². The highest BCUT2D eigenvalue weighted by Crippen LogP contribution is 2.28. The van der Waals surface area contributed by atoms with Gasteiger partial charge in [0, 0.05) is 0 Å². The Balaban J connectivity index is 2.22. The third-order valence-electron chi connectivity index (χ3n) is 3.30. The number of nitrogens with one attached hydrogen (secondary N) is 1. The third-order valence-corrected chi connectivity index (χ3v) is 3.30. The molecule has 1 aromatic carbocycles. The highest BCUT2D eigenvalue weighted by Gasteiger charge is 2.26. The van der Waals surface area contributed by atoms with E-state index in [0.717, 1.165) is 12.8 Å². The topological polar surface area (TPSA) is 75.4 Å². The molecule has 1 aromatic rings. The molecule has 7 heteroatoms. The van der Waals surface area contributed by atoms with Gasteiger partial charge in [-0.3, -0.25) is 10.1 Å². The van der Waals surface area contributed by atoms with Crippen molar-refractivity contribution in [2.24, 2.45) is 0 Å². The van der Waals surface area contributed by atoms with Crippen LogP contribution in [0.4, 0.5) is 20.2 Å². The highest BCUT2D eigenvalue weighted by molar-refractivity contribution is 5.52. The normalized spacial score (nSPS) is 23.1. The fraction of sp³-hybridized carbons (Fsp3) is 0.500. The van der Waals surface area contributed by atoms with Gasteiger partial charge in [0.2, 0.25) is 0 Å². The second-order valence-electron chi connectivity index (χ2n) is 4.64. The largest absolute Gasteiger partial charge is 0.391 e. The minimum atomic E-state index is -1.02. The number of nitro benzene ring substituents is 1. The maximum absolute atomic E-state index is 13.7. The summed E-state index contributed by atoms with van der Waals surface area (Å²) in [5.41, 5.74) is -1.05. The molecule has 0 saturated heterocycles. The number of non-ortho nitro benzene ring substituents is 1. The lowest BCUT2D eigenvalue weighted by Gasteiger charge is -2.29. The molecule has 5 nitrogen and oxygen atoms in total. The van der Waals surface area contributed by atoms with Crippen LogP contribution in [0.15, 0.2) is 12.1 Å². The molecule has 0 heterocycles. The summed E-state index contributed by atoms with van der Waals surface area (Å²) in [6, 6.07) is 0.903. The summed E-state index contributed by atoms with van der Waals surface area (Å²) in [5, 5.41) is 22.8. The molecular weight excluding hydrogens is 258 g/mol. The van der Waals surface area contributed by atoms with E-state index >= 15 is 0 Å². The van der Waals surface area contributed by atoms with Crippen LogP contribution >= 0.6 is 0 Å². The monoisotopic (exact) mass is 272 g/mol. The Morgan fingerprint density at radius 2 is 1.84 bits per heavy atom. The first-order valence-electron chi connectivity index (χ1n) is 6.07. The zero-order chi connectivity index (χ0) is 14.0. The summed E-state index contributed by atoms with van der Waals surface area (Å²) in [6.07, 6.45) is 2.27. The Bertz CT molecular complexity index is 473. The molecule has 0 bridgehead atoms. The molecule has 1 saturated carbocycles. The summed E-state index contributed by atoms with van der Waals surface area (Å²) >= 11 is 0. The Morgan fingerprint density at radius 3 is 2.37 bits per heavy atom. The molecule has 0 radical (unpaired) electrons. The van der Waals surface area contributed by atoms with Crippen LogP contribution < -0.4 is 5.32 Å². The van der Waals surface area contributed by atoms with Crippen LogP contribution in [0.5, 0.6) is 0 Å². The van der Waals surface area contributed by atoms with Crippen LogP contribution in [0.3, 0.4) is 0 Å². The number of hydrogen-bond acceptors (Lipinski definition) is 4. The van der Waals surface area contributed by atoms with E-state index in [1.165, 1.54) is 0 Å². The van der Waals surface area contributed by atoms with Gasteiger partial charge in [0.1, 0.15) is 5.69 Å². The number of aliphatic hydroxyl groups is 1. The van der Waals surface area contributed by atoms with E-state index < -0.39 is 40.1 Å². The van der Waals surface area contributed by atoms with Gasteiger partial charge in [-0.25, -0.2) is 8.78 Å². The molecule has 0 unspecified atom stereocenters. The molecule has 0 spiro atoms. The van der Waals surface area contributed by atoms with Gasteiger partial charge in [-0.05, 0) is 12.8 Å². The number of anilines is 1. The van der Waals surface area contributed by atoms with Crippen LogP contribution in [-0.2, 0) is 0 Å². The van der Waals surface area contributed by atoms with Crippen molar-refractivity contribution in [1.82, 2.24) is 0 Å². The summed E-state index contributed by atoms with van der Waals surface area (Å²) in [7, 11) is 0. The van der Waals surface area contributed by atoms with Crippen LogP contribution in [0.25, 0.3) is 0 Å². The first-order chi connectivity index (χ1) is 8.99. The minimum absolute atomic E-state index is 0.420. The van der Waals surface area contributed by atoms with E-state index in [-0.39, 0.29) is 0 Å². The van der Waals surface area contributed by atoms with Crippen molar-refractivity contribution in [2.45, 2.75) is 37.8 Å². The minimum Gasteiger partial charge on any atom is -0.391 e. The van der Waals surface area contributed by atoms with E-state index in [4.69, 9.17) is 0 Å². The zero-order valence-corrected chi connectivity index (χ0v) is 10.1. The van der Waals surface area contributed by atoms with Crippen molar-refractivity contribution in [1.29, 1.82) is 0 Å². The van der Waals surface area contributed by atoms with Gasteiger partial charge < -0.3 is 10.4 Å². The molecule has 2 atom stereocenters. The molecule has 2 rings (SSSR count). The average molecular weight is 272 g/mol. The molecule has 1 fully saturated rings. The molecule has 1 aliphatic carbocycles. The molecular formula is C12H14F2N2O3. The van der Waals surface area contributed by atoms with E-state index in [1.807, 2.05) is 0 Å². The predicted octanol–water partition coefficient (Wildman–Crippen LogP) is 2.59. The van der Waals surface area contributed by atoms with Gasteiger partial charge in [-0.1, -0.05) is 12.8 Å². The van der Waals surface area contributed by atoms with Gasteiger partial charge in [0.05, 0.1) is 29.2 Å². The Kier molecular flexibility index (Phi) is 3.94. The number of rotatable bonds is 3. The number of aliphatic hydroxyl groups excluding tert-OH is 1. The number of nitro groups is 1. The van der Waals surface area contributed by atoms with E-state index in [0.29, 0.717) is 25.0 Å². The molecule has 19 heavy (non-hydrogen) atoms. The van der Waals surface area contributed by atoms with Gasteiger partial charge in [0.25, 0.3) is 5.69 Å². The number of halogens is 2. The molecule has 104 valence electrons. The fourth-order valence-electron chi connectivity index (χ4n) is 2.27. The van der Waals surface area contributed by atoms with Crippen molar-refractivity contribution in [3.8, 4) is 0 Å². The lowest BCUT2D eigenvalue weighted by atomic mass is 9.92. The van der Waals surface area contributed by atoms with Gasteiger partial charge >= 0.3 is 0 Å². The fourth-order valence-corrected chi connectivity index (χ4v) is 2.27. The molecule has 2 N–H and O–H groups in total.